The molecule has 0 bridgehead atoms. The first-order valence-corrected chi connectivity index (χ1v) is 7.02. The molecular formula is C15H30. The molecule has 0 aromatic rings. The Morgan fingerprint density at radius 3 is 2.07 bits per heavy atom. The van der Waals surface area contributed by atoms with Gasteiger partial charge in [0, 0.05) is 0 Å². The van der Waals surface area contributed by atoms with Gasteiger partial charge in [0.05, 0.1) is 0 Å². The Balaban J connectivity index is 2.60. The summed E-state index contributed by atoms with van der Waals surface area (Å²) in [6, 6.07) is 0. The first-order valence-electron chi connectivity index (χ1n) is 7.02. The first kappa shape index (κ1) is 13.1. The monoisotopic (exact) mass is 210 g/mol. The highest BCUT2D eigenvalue weighted by Crippen LogP contribution is 2.40. The number of hydrogen-bond acceptors (Lipinski definition) is 0. The largest absolute Gasteiger partial charge is 0.0628 e. The fraction of sp³-hybridized carbons (Fsp3) is 1.00. The Hall–Kier alpha value is 0. The molecule has 0 radical (unpaired) electrons. The van der Waals surface area contributed by atoms with Gasteiger partial charge in [0.15, 0.2) is 0 Å². The quantitative estimate of drug-likeness (QED) is 0.603. The van der Waals surface area contributed by atoms with Crippen molar-refractivity contribution >= 4 is 0 Å². The van der Waals surface area contributed by atoms with Crippen molar-refractivity contribution in [2.75, 3.05) is 0 Å². The van der Waals surface area contributed by atoms with Gasteiger partial charge in [-0.3, -0.25) is 0 Å². The van der Waals surface area contributed by atoms with Gasteiger partial charge in [-0.2, -0.15) is 0 Å². The van der Waals surface area contributed by atoms with Crippen LogP contribution < -0.4 is 0 Å². The second kappa shape index (κ2) is 5.92. The molecule has 1 saturated carbocycles. The summed E-state index contributed by atoms with van der Waals surface area (Å²) in [4.78, 5) is 0. The molecule has 0 aliphatic heterocycles. The van der Waals surface area contributed by atoms with Crippen LogP contribution in [-0.2, 0) is 0 Å². The van der Waals surface area contributed by atoms with Crippen molar-refractivity contribution in [2.24, 2.45) is 29.6 Å². The van der Waals surface area contributed by atoms with Crippen LogP contribution in [0.15, 0.2) is 0 Å². The van der Waals surface area contributed by atoms with Gasteiger partial charge < -0.3 is 0 Å². The van der Waals surface area contributed by atoms with Crippen molar-refractivity contribution in [1.82, 2.24) is 0 Å². The molecule has 0 saturated heterocycles. The molecule has 90 valence electrons. The Morgan fingerprint density at radius 2 is 1.60 bits per heavy atom. The zero-order valence-corrected chi connectivity index (χ0v) is 11.4. The van der Waals surface area contributed by atoms with Crippen LogP contribution in [0.2, 0.25) is 0 Å². The van der Waals surface area contributed by atoms with Crippen molar-refractivity contribution in [3.8, 4) is 0 Å². The third-order valence-electron chi connectivity index (χ3n) is 4.33. The van der Waals surface area contributed by atoms with E-state index in [1.54, 1.807) is 0 Å². The lowest BCUT2D eigenvalue weighted by atomic mass is 9.67. The maximum atomic E-state index is 2.49. The van der Waals surface area contributed by atoms with Crippen molar-refractivity contribution < 1.29 is 0 Å². The predicted molar refractivity (Wildman–Crippen MR) is 68.9 cm³/mol. The summed E-state index contributed by atoms with van der Waals surface area (Å²) in [7, 11) is 0. The number of hydrogen-bond donors (Lipinski definition) is 0. The molecule has 0 aromatic carbocycles. The van der Waals surface area contributed by atoms with E-state index in [2.05, 4.69) is 34.6 Å². The summed E-state index contributed by atoms with van der Waals surface area (Å²) in [6.07, 6.45) is 7.37. The molecule has 1 rings (SSSR count). The zero-order valence-electron chi connectivity index (χ0n) is 11.4. The summed E-state index contributed by atoms with van der Waals surface area (Å²) in [5, 5.41) is 0. The Morgan fingerprint density at radius 1 is 1.00 bits per heavy atom. The molecule has 0 nitrogen and oxygen atoms in total. The lowest BCUT2D eigenvalue weighted by molar-refractivity contribution is 0.118. The second-order valence-corrected chi connectivity index (χ2v) is 6.46. The molecular weight excluding hydrogens is 180 g/mol. The van der Waals surface area contributed by atoms with Gasteiger partial charge in [0.25, 0.3) is 0 Å². The molecule has 3 unspecified atom stereocenters. The average molecular weight is 210 g/mol. The highest BCUT2D eigenvalue weighted by Gasteiger charge is 2.31. The van der Waals surface area contributed by atoms with Crippen LogP contribution in [0.4, 0.5) is 0 Å². The average Bonchev–Trinajstić information content (AvgIpc) is 2.15. The van der Waals surface area contributed by atoms with Crippen LogP contribution in [0, 0.1) is 29.6 Å². The van der Waals surface area contributed by atoms with Gasteiger partial charge in [-0.25, -0.2) is 0 Å². The second-order valence-electron chi connectivity index (χ2n) is 6.46. The molecule has 15 heavy (non-hydrogen) atoms. The molecule has 1 fully saturated rings. The molecule has 0 heteroatoms. The van der Waals surface area contributed by atoms with Crippen molar-refractivity contribution in [3.63, 3.8) is 0 Å². The van der Waals surface area contributed by atoms with Crippen molar-refractivity contribution in [3.05, 3.63) is 0 Å². The van der Waals surface area contributed by atoms with Gasteiger partial charge in [0.1, 0.15) is 0 Å². The van der Waals surface area contributed by atoms with E-state index < -0.39 is 0 Å². The minimum atomic E-state index is 0.867. The van der Waals surface area contributed by atoms with E-state index in [4.69, 9.17) is 0 Å². The zero-order chi connectivity index (χ0) is 11.4. The lowest BCUT2D eigenvalue weighted by Gasteiger charge is -2.38. The highest BCUT2D eigenvalue weighted by molar-refractivity contribution is 4.81. The Labute approximate surface area is 96.8 Å². The fourth-order valence-corrected chi connectivity index (χ4v) is 3.47. The standard InChI is InChI=1S/C15H30/c1-11(2)10-15(12(3)4)14-9-7-6-8-13(14)5/h11-15H,6-10H2,1-5H3. The van der Waals surface area contributed by atoms with E-state index in [-0.39, 0.29) is 0 Å². The maximum Gasteiger partial charge on any atom is -0.0358 e. The molecule has 0 aromatic heterocycles. The third kappa shape index (κ3) is 3.81. The minimum Gasteiger partial charge on any atom is -0.0628 e. The van der Waals surface area contributed by atoms with Crippen LogP contribution in [0.25, 0.3) is 0 Å². The van der Waals surface area contributed by atoms with Gasteiger partial charge in [-0.15, -0.1) is 0 Å². The summed E-state index contributed by atoms with van der Waals surface area (Å²) in [6.45, 7) is 12.1. The predicted octanol–water partition coefficient (Wildman–Crippen LogP) is 5.13. The molecule has 1 aliphatic rings. The summed E-state index contributed by atoms with van der Waals surface area (Å²) in [5.41, 5.74) is 0. The molecule has 3 atom stereocenters. The van der Waals surface area contributed by atoms with Crippen LogP contribution in [0.5, 0.6) is 0 Å². The SMILES string of the molecule is CC(C)CC(C(C)C)C1CCCCC1C. The Bertz CT molecular complexity index is 169. The van der Waals surface area contributed by atoms with E-state index >= 15 is 0 Å². The maximum absolute atomic E-state index is 2.49. The van der Waals surface area contributed by atoms with Crippen LogP contribution in [0.3, 0.4) is 0 Å². The van der Waals surface area contributed by atoms with Crippen LogP contribution >= 0.6 is 0 Å². The number of rotatable bonds is 4. The minimum absolute atomic E-state index is 0.867. The van der Waals surface area contributed by atoms with E-state index in [1.165, 1.54) is 32.1 Å². The molecule has 0 heterocycles. The Kier molecular flexibility index (Phi) is 5.15. The van der Waals surface area contributed by atoms with E-state index in [0.717, 1.165) is 29.6 Å². The van der Waals surface area contributed by atoms with Gasteiger partial charge in [0.2, 0.25) is 0 Å². The fourth-order valence-electron chi connectivity index (χ4n) is 3.47. The molecule has 1 aliphatic carbocycles. The molecule has 0 N–H and O–H groups in total. The van der Waals surface area contributed by atoms with Gasteiger partial charge in [-0.1, -0.05) is 53.9 Å². The highest BCUT2D eigenvalue weighted by atomic mass is 14.4. The third-order valence-corrected chi connectivity index (χ3v) is 4.33. The topological polar surface area (TPSA) is 0 Å². The van der Waals surface area contributed by atoms with E-state index in [0.29, 0.717) is 0 Å². The molecule has 0 amide bonds. The summed E-state index contributed by atoms with van der Waals surface area (Å²) in [5.74, 6) is 4.70. The van der Waals surface area contributed by atoms with Crippen molar-refractivity contribution in [1.29, 1.82) is 0 Å². The van der Waals surface area contributed by atoms with Gasteiger partial charge in [-0.05, 0) is 42.4 Å². The van der Waals surface area contributed by atoms with Crippen LogP contribution in [-0.4, -0.2) is 0 Å². The van der Waals surface area contributed by atoms with Gasteiger partial charge >= 0.3 is 0 Å². The van der Waals surface area contributed by atoms with E-state index in [1.807, 2.05) is 0 Å². The van der Waals surface area contributed by atoms with Crippen molar-refractivity contribution in [2.45, 2.75) is 66.7 Å². The first-order chi connectivity index (χ1) is 7.02. The summed E-state index contributed by atoms with van der Waals surface area (Å²) >= 11 is 0. The smallest absolute Gasteiger partial charge is 0.0358 e. The van der Waals surface area contributed by atoms with E-state index in [9.17, 15) is 0 Å². The molecule has 0 spiro atoms. The lowest BCUT2D eigenvalue weighted by Crippen LogP contribution is -2.29. The summed E-state index contributed by atoms with van der Waals surface area (Å²) < 4.78 is 0. The normalized spacial score (nSPS) is 29.8. The van der Waals surface area contributed by atoms with Crippen LogP contribution in [0.1, 0.15) is 66.7 Å².